The molecule has 4 nitrogen and oxygen atoms in total. The predicted octanol–water partition coefficient (Wildman–Crippen LogP) is 4.20. The van der Waals surface area contributed by atoms with Crippen molar-refractivity contribution in [3.8, 4) is 0 Å². The molecule has 0 saturated heterocycles. The van der Waals surface area contributed by atoms with Gasteiger partial charge in [-0.25, -0.2) is 0 Å². The van der Waals surface area contributed by atoms with Gasteiger partial charge in [-0.15, -0.1) is 0 Å². The maximum atomic E-state index is 12.6. The molecule has 0 aromatic heterocycles. The molecular formula is C19H25NO3. The predicted molar refractivity (Wildman–Crippen MR) is 91.4 cm³/mol. The van der Waals surface area contributed by atoms with Crippen LogP contribution in [0.3, 0.4) is 0 Å². The van der Waals surface area contributed by atoms with E-state index in [1.54, 1.807) is 0 Å². The van der Waals surface area contributed by atoms with E-state index in [1.165, 1.54) is 5.56 Å². The summed E-state index contributed by atoms with van der Waals surface area (Å²) in [6.45, 7) is 8.16. The van der Waals surface area contributed by atoms with Crippen molar-refractivity contribution in [1.82, 2.24) is 0 Å². The van der Waals surface area contributed by atoms with Gasteiger partial charge >= 0.3 is 5.97 Å². The van der Waals surface area contributed by atoms with Crippen LogP contribution in [0.4, 0.5) is 5.69 Å². The van der Waals surface area contributed by atoms with E-state index in [4.69, 9.17) is 0 Å². The zero-order valence-electron chi connectivity index (χ0n) is 14.2. The minimum atomic E-state index is -0.896. The largest absolute Gasteiger partial charge is 0.481 e. The summed E-state index contributed by atoms with van der Waals surface area (Å²) in [7, 11) is 0. The highest BCUT2D eigenvalue weighted by atomic mass is 16.4. The van der Waals surface area contributed by atoms with Gasteiger partial charge < -0.3 is 10.4 Å². The number of rotatable bonds is 4. The summed E-state index contributed by atoms with van der Waals surface area (Å²) in [5.41, 5.74) is 4.13. The van der Waals surface area contributed by atoms with Crippen LogP contribution in [0.5, 0.6) is 0 Å². The van der Waals surface area contributed by atoms with E-state index < -0.39 is 17.8 Å². The first-order valence-corrected chi connectivity index (χ1v) is 8.08. The number of aliphatic carboxylic acids is 1. The Balaban J connectivity index is 2.13. The molecule has 0 bridgehead atoms. The Hall–Kier alpha value is -2.10. The second kappa shape index (κ2) is 6.99. The van der Waals surface area contributed by atoms with Crippen molar-refractivity contribution in [3.05, 3.63) is 41.0 Å². The molecule has 0 heterocycles. The second-order valence-corrected chi connectivity index (χ2v) is 6.79. The summed E-state index contributed by atoms with van der Waals surface area (Å²) >= 11 is 0. The van der Waals surface area contributed by atoms with Crippen LogP contribution in [0.15, 0.2) is 35.4 Å². The Bertz CT molecular complexity index is 629. The fraction of sp³-hybridized carbons (Fsp3) is 0.474. The first kappa shape index (κ1) is 17.3. The van der Waals surface area contributed by atoms with E-state index >= 15 is 0 Å². The average molecular weight is 315 g/mol. The van der Waals surface area contributed by atoms with Gasteiger partial charge in [-0.2, -0.15) is 0 Å². The summed E-state index contributed by atoms with van der Waals surface area (Å²) in [6, 6.07) is 7.73. The highest BCUT2D eigenvalue weighted by molar-refractivity contribution is 5.95. The fourth-order valence-electron chi connectivity index (χ4n) is 3.01. The monoisotopic (exact) mass is 315 g/mol. The lowest BCUT2D eigenvalue weighted by Gasteiger charge is -2.29. The maximum absolute atomic E-state index is 12.6. The number of carboxylic acids is 1. The number of carbonyl (C=O) groups is 2. The van der Waals surface area contributed by atoms with Crippen molar-refractivity contribution < 1.29 is 14.7 Å². The molecule has 1 aliphatic rings. The topological polar surface area (TPSA) is 66.4 Å². The van der Waals surface area contributed by atoms with Crippen LogP contribution in [0.1, 0.15) is 52.0 Å². The van der Waals surface area contributed by atoms with E-state index in [9.17, 15) is 14.7 Å². The number of carboxylic acid groups (broad SMARTS) is 1. The molecule has 124 valence electrons. The first-order valence-electron chi connectivity index (χ1n) is 8.08. The van der Waals surface area contributed by atoms with Crippen molar-refractivity contribution in [1.29, 1.82) is 0 Å². The lowest BCUT2D eigenvalue weighted by Crippen LogP contribution is -2.36. The molecule has 0 fully saturated rings. The number of anilines is 1. The molecular weight excluding hydrogens is 290 g/mol. The molecule has 0 spiro atoms. The number of hydrogen-bond acceptors (Lipinski definition) is 2. The lowest BCUT2D eigenvalue weighted by atomic mass is 9.76. The van der Waals surface area contributed by atoms with Gasteiger partial charge in [0.2, 0.25) is 5.91 Å². The molecule has 1 aromatic rings. The molecule has 1 aliphatic carbocycles. The number of amides is 1. The fourth-order valence-corrected chi connectivity index (χ4v) is 3.01. The third-order valence-electron chi connectivity index (χ3n) is 4.77. The van der Waals surface area contributed by atoms with E-state index in [0.29, 0.717) is 24.4 Å². The molecule has 0 saturated carbocycles. The summed E-state index contributed by atoms with van der Waals surface area (Å²) < 4.78 is 0. The standard InChI is InChI=1S/C19H25NO3/c1-11(2)14-5-7-15(8-6-14)20-18(21)16-9-12(3)13(4)10-17(16)19(22)23/h5-8,11,16-17H,9-10H2,1-4H3,(H,20,21)(H,22,23)/t16-,17+/m1/s1. The molecule has 4 heteroatoms. The SMILES string of the molecule is CC1=C(C)C[C@@H](C(=O)Nc2ccc(C(C)C)cc2)[C@@H](C(=O)O)C1. The Morgan fingerprint density at radius 3 is 2.04 bits per heavy atom. The number of benzene rings is 1. The van der Waals surface area contributed by atoms with E-state index in [1.807, 2.05) is 38.1 Å². The minimum Gasteiger partial charge on any atom is -0.481 e. The molecule has 1 aromatic carbocycles. The number of allylic oxidation sites excluding steroid dienone is 2. The van der Waals surface area contributed by atoms with Crippen LogP contribution < -0.4 is 5.32 Å². The summed E-state index contributed by atoms with van der Waals surface area (Å²) in [4.78, 5) is 24.0. The van der Waals surface area contributed by atoms with Crippen LogP contribution in [0.2, 0.25) is 0 Å². The normalized spacial score (nSPS) is 21.4. The highest BCUT2D eigenvalue weighted by Crippen LogP contribution is 2.35. The van der Waals surface area contributed by atoms with Gasteiger partial charge in [-0.05, 0) is 50.3 Å². The van der Waals surface area contributed by atoms with Crippen molar-refractivity contribution in [2.24, 2.45) is 11.8 Å². The van der Waals surface area contributed by atoms with Gasteiger partial charge in [-0.1, -0.05) is 37.1 Å². The van der Waals surface area contributed by atoms with Gasteiger partial charge in [0.15, 0.2) is 0 Å². The van der Waals surface area contributed by atoms with Gasteiger partial charge in [0.1, 0.15) is 0 Å². The third kappa shape index (κ3) is 4.01. The Kier molecular flexibility index (Phi) is 5.24. The van der Waals surface area contributed by atoms with E-state index in [0.717, 1.165) is 11.1 Å². The number of nitrogens with one attached hydrogen (secondary N) is 1. The first-order chi connectivity index (χ1) is 10.8. The smallest absolute Gasteiger partial charge is 0.307 e. The minimum absolute atomic E-state index is 0.207. The van der Waals surface area contributed by atoms with Crippen molar-refractivity contribution >= 4 is 17.6 Å². The summed E-state index contributed by atoms with van der Waals surface area (Å²) in [6.07, 6.45) is 0.963. The lowest BCUT2D eigenvalue weighted by molar-refractivity contribution is -0.146. The Morgan fingerprint density at radius 1 is 1.04 bits per heavy atom. The molecule has 0 aliphatic heterocycles. The molecule has 1 amide bonds. The van der Waals surface area contributed by atoms with Gasteiger partial charge in [0.25, 0.3) is 0 Å². The van der Waals surface area contributed by atoms with Gasteiger partial charge in [0, 0.05) is 5.69 Å². The molecule has 2 atom stereocenters. The quantitative estimate of drug-likeness (QED) is 0.818. The van der Waals surface area contributed by atoms with Crippen LogP contribution in [-0.2, 0) is 9.59 Å². The van der Waals surface area contributed by atoms with E-state index in [2.05, 4.69) is 19.2 Å². The Morgan fingerprint density at radius 2 is 1.57 bits per heavy atom. The van der Waals surface area contributed by atoms with Crippen LogP contribution >= 0.6 is 0 Å². The second-order valence-electron chi connectivity index (χ2n) is 6.79. The van der Waals surface area contributed by atoms with Crippen LogP contribution in [0.25, 0.3) is 0 Å². The number of hydrogen-bond donors (Lipinski definition) is 2. The highest BCUT2D eigenvalue weighted by Gasteiger charge is 2.37. The van der Waals surface area contributed by atoms with Gasteiger partial charge in [-0.3, -0.25) is 9.59 Å². The summed E-state index contributed by atoms with van der Waals surface area (Å²) in [5, 5.41) is 12.3. The zero-order valence-corrected chi connectivity index (χ0v) is 14.2. The zero-order chi connectivity index (χ0) is 17.1. The molecule has 2 N–H and O–H groups in total. The summed E-state index contributed by atoms with van der Waals surface area (Å²) in [5.74, 6) is -1.83. The van der Waals surface area contributed by atoms with Crippen LogP contribution in [0, 0.1) is 11.8 Å². The average Bonchev–Trinajstić information content (AvgIpc) is 2.49. The molecule has 2 rings (SSSR count). The van der Waals surface area contributed by atoms with Crippen molar-refractivity contribution in [2.75, 3.05) is 5.32 Å². The molecule has 0 unspecified atom stereocenters. The third-order valence-corrected chi connectivity index (χ3v) is 4.77. The van der Waals surface area contributed by atoms with Gasteiger partial charge in [0.05, 0.1) is 11.8 Å². The Labute approximate surface area is 137 Å². The van der Waals surface area contributed by atoms with Crippen LogP contribution in [-0.4, -0.2) is 17.0 Å². The number of carbonyl (C=O) groups excluding carboxylic acids is 1. The maximum Gasteiger partial charge on any atom is 0.307 e. The van der Waals surface area contributed by atoms with Crippen molar-refractivity contribution in [2.45, 2.75) is 46.5 Å². The van der Waals surface area contributed by atoms with E-state index in [-0.39, 0.29) is 5.91 Å². The van der Waals surface area contributed by atoms with Crippen molar-refractivity contribution in [3.63, 3.8) is 0 Å². The molecule has 23 heavy (non-hydrogen) atoms. The molecule has 0 radical (unpaired) electrons.